The number of benzene rings is 2. The van der Waals surface area contributed by atoms with E-state index in [0.717, 1.165) is 16.8 Å². The molecule has 0 fully saturated rings. The summed E-state index contributed by atoms with van der Waals surface area (Å²) in [5, 5.41) is 3.60. The van der Waals surface area contributed by atoms with Crippen LogP contribution in [0, 0.1) is 6.92 Å². The molecule has 0 bridgehead atoms. The van der Waals surface area contributed by atoms with Gasteiger partial charge in [-0.25, -0.2) is 9.97 Å². The highest BCUT2D eigenvalue weighted by atomic mass is 35.5. The molecule has 2 aromatic carbocycles. The van der Waals surface area contributed by atoms with Crippen molar-refractivity contribution in [2.75, 3.05) is 6.61 Å². The maximum absolute atomic E-state index is 11.7. The number of nitrogens with zero attached hydrogens (tertiary/aromatic N) is 2. The van der Waals surface area contributed by atoms with E-state index in [1.54, 1.807) is 6.20 Å². The lowest BCUT2D eigenvalue weighted by Gasteiger charge is -2.26. The van der Waals surface area contributed by atoms with Crippen LogP contribution in [0.5, 0.6) is 5.88 Å². The average Bonchev–Trinajstić information content (AvgIpc) is 2.73. The van der Waals surface area contributed by atoms with Crippen LogP contribution in [-0.4, -0.2) is 28.0 Å². The van der Waals surface area contributed by atoms with Crippen molar-refractivity contribution in [3.05, 3.63) is 65.3 Å². The van der Waals surface area contributed by atoms with E-state index in [0.29, 0.717) is 23.0 Å². The third-order valence-corrected chi connectivity index (χ3v) is 4.82. The Morgan fingerprint density at radius 2 is 1.63 bits per heavy atom. The van der Waals surface area contributed by atoms with Gasteiger partial charge in [-0.2, -0.15) is 0 Å². The van der Waals surface area contributed by atoms with Crippen LogP contribution in [0.1, 0.15) is 32.8 Å². The van der Waals surface area contributed by atoms with Gasteiger partial charge in [-0.05, 0) is 32.9 Å². The maximum Gasteiger partial charge on any atom is 0.233 e. The summed E-state index contributed by atoms with van der Waals surface area (Å²) in [6.45, 7) is 7.96. The lowest BCUT2D eigenvalue weighted by atomic mass is 10.0. The predicted molar refractivity (Wildman–Crippen MR) is 121 cm³/mol. The number of hydrogen-bond donors (Lipinski definition) is 1. The van der Waals surface area contributed by atoms with Crippen molar-refractivity contribution in [1.29, 1.82) is 0 Å². The number of nitrogens with one attached hydrogen (secondary N) is 1. The fourth-order valence-electron chi connectivity index (χ4n) is 2.93. The first-order valence-corrected chi connectivity index (χ1v) is 10.3. The molecule has 1 aromatic heterocycles. The molecule has 6 heteroatoms. The van der Waals surface area contributed by atoms with Crippen LogP contribution >= 0.6 is 11.6 Å². The number of carbonyl (C=O) groups is 1. The zero-order chi connectivity index (χ0) is 21.7. The molecular weight excluding hydrogens is 398 g/mol. The summed E-state index contributed by atoms with van der Waals surface area (Å²) in [7, 11) is 0. The van der Waals surface area contributed by atoms with Gasteiger partial charge in [0.25, 0.3) is 0 Å². The molecule has 0 aliphatic heterocycles. The summed E-state index contributed by atoms with van der Waals surface area (Å²) in [5.74, 6) is 0.376. The summed E-state index contributed by atoms with van der Waals surface area (Å²) in [5.41, 5.74) is 4.00. The average molecular weight is 424 g/mol. The second-order valence-corrected chi connectivity index (χ2v) is 8.29. The summed E-state index contributed by atoms with van der Waals surface area (Å²) in [4.78, 5) is 21.1. The van der Waals surface area contributed by atoms with E-state index in [9.17, 15) is 4.79 Å². The van der Waals surface area contributed by atoms with Gasteiger partial charge in [0.15, 0.2) is 0 Å². The largest absolute Gasteiger partial charge is 0.474 e. The Balaban J connectivity index is 1.93. The fraction of sp³-hybridized carbons (Fsp3) is 0.292. The number of hydrogen-bond acceptors (Lipinski definition) is 4. The van der Waals surface area contributed by atoms with Crippen molar-refractivity contribution in [2.45, 2.75) is 39.7 Å². The van der Waals surface area contributed by atoms with Gasteiger partial charge in [0, 0.05) is 22.6 Å². The second-order valence-electron chi connectivity index (χ2n) is 7.85. The molecule has 0 saturated heterocycles. The highest BCUT2D eigenvalue weighted by molar-refractivity contribution is 6.30. The van der Waals surface area contributed by atoms with Gasteiger partial charge in [0.1, 0.15) is 12.3 Å². The first-order valence-electron chi connectivity index (χ1n) is 9.91. The second kappa shape index (κ2) is 9.26. The van der Waals surface area contributed by atoms with E-state index in [-0.39, 0.29) is 12.5 Å². The number of carbonyl (C=O) groups excluding carboxylic acids is 1. The molecule has 3 rings (SSSR count). The molecule has 0 spiro atoms. The highest BCUT2D eigenvalue weighted by Crippen LogP contribution is 2.31. The molecule has 30 heavy (non-hydrogen) atoms. The minimum absolute atomic E-state index is 0.0220. The van der Waals surface area contributed by atoms with Crippen LogP contribution in [-0.2, 0) is 4.79 Å². The van der Waals surface area contributed by atoms with E-state index in [1.165, 1.54) is 5.56 Å². The third kappa shape index (κ3) is 5.57. The lowest BCUT2D eigenvalue weighted by molar-refractivity contribution is -0.122. The topological polar surface area (TPSA) is 64.1 Å². The number of halogens is 1. The van der Waals surface area contributed by atoms with E-state index < -0.39 is 5.54 Å². The van der Waals surface area contributed by atoms with Gasteiger partial charge in [-0.15, -0.1) is 0 Å². The number of amides is 1. The lowest BCUT2D eigenvalue weighted by Crippen LogP contribution is -2.47. The fourth-order valence-corrected chi connectivity index (χ4v) is 3.06. The van der Waals surface area contributed by atoms with Gasteiger partial charge >= 0.3 is 0 Å². The molecule has 1 N–H and O–H groups in total. The van der Waals surface area contributed by atoms with Crippen molar-refractivity contribution < 1.29 is 9.53 Å². The number of aryl methyl sites for hydroxylation is 1. The van der Waals surface area contributed by atoms with Crippen molar-refractivity contribution in [1.82, 2.24) is 15.3 Å². The SMILES string of the molecule is CCC(=O)NC(C)(C)COc1cnc(-c2ccc(C)cc2)c(-c2ccc(Cl)cc2)n1. The number of rotatable bonds is 7. The van der Waals surface area contributed by atoms with Crippen LogP contribution in [0.4, 0.5) is 0 Å². The molecular formula is C24H26ClN3O2. The molecule has 156 valence electrons. The Morgan fingerprint density at radius 3 is 2.27 bits per heavy atom. The zero-order valence-corrected chi connectivity index (χ0v) is 18.5. The van der Waals surface area contributed by atoms with Crippen LogP contribution in [0.2, 0.25) is 5.02 Å². The maximum atomic E-state index is 11.7. The third-order valence-electron chi connectivity index (χ3n) is 4.57. The Bertz CT molecular complexity index is 1020. The Hall–Kier alpha value is -2.92. The molecule has 5 nitrogen and oxygen atoms in total. The summed E-state index contributed by atoms with van der Waals surface area (Å²) >= 11 is 6.06. The van der Waals surface area contributed by atoms with Crippen molar-refractivity contribution in [3.8, 4) is 28.4 Å². The molecule has 1 amide bonds. The first kappa shape index (κ1) is 21.8. The van der Waals surface area contributed by atoms with Crippen LogP contribution in [0.25, 0.3) is 22.5 Å². The van der Waals surface area contributed by atoms with Gasteiger partial charge < -0.3 is 10.1 Å². The monoisotopic (exact) mass is 423 g/mol. The molecule has 0 aliphatic carbocycles. The summed E-state index contributed by atoms with van der Waals surface area (Å²) in [6, 6.07) is 15.6. The number of ether oxygens (including phenoxy) is 1. The van der Waals surface area contributed by atoms with E-state index in [1.807, 2.05) is 76.2 Å². The van der Waals surface area contributed by atoms with Crippen molar-refractivity contribution >= 4 is 17.5 Å². The molecule has 0 saturated carbocycles. The van der Waals surface area contributed by atoms with Crippen LogP contribution < -0.4 is 10.1 Å². The summed E-state index contributed by atoms with van der Waals surface area (Å²) in [6.07, 6.45) is 2.04. The number of aromatic nitrogens is 2. The Morgan fingerprint density at radius 1 is 1.03 bits per heavy atom. The zero-order valence-electron chi connectivity index (χ0n) is 17.7. The normalized spacial score (nSPS) is 11.2. The van der Waals surface area contributed by atoms with E-state index >= 15 is 0 Å². The molecule has 3 aromatic rings. The highest BCUT2D eigenvalue weighted by Gasteiger charge is 2.21. The van der Waals surface area contributed by atoms with E-state index in [2.05, 4.69) is 10.3 Å². The van der Waals surface area contributed by atoms with E-state index in [4.69, 9.17) is 21.3 Å². The van der Waals surface area contributed by atoms with Crippen molar-refractivity contribution in [3.63, 3.8) is 0 Å². The van der Waals surface area contributed by atoms with Crippen LogP contribution in [0.3, 0.4) is 0 Å². The van der Waals surface area contributed by atoms with Crippen molar-refractivity contribution in [2.24, 2.45) is 0 Å². The Kier molecular flexibility index (Phi) is 6.73. The van der Waals surface area contributed by atoms with Crippen LogP contribution in [0.15, 0.2) is 54.7 Å². The quantitative estimate of drug-likeness (QED) is 0.548. The summed E-state index contributed by atoms with van der Waals surface area (Å²) < 4.78 is 5.90. The van der Waals surface area contributed by atoms with Gasteiger partial charge in [-0.3, -0.25) is 4.79 Å². The molecule has 0 atom stereocenters. The molecule has 1 heterocycles. The standard InChI is InChI=1S/C24H26ClN3O2/c1-5-20(29)28-24(3,4)15-30-21-14-26-22(17-8-6-16(2)7-9-17)23(27-21)18-10-12-19(25)13-11-18/h6-14H,5,15H2,1-4H3,(H,28,29). The molecule has 0 radical (unpaired) electrons. The van der Waals surface area contributed by atoms with Gasteiger partial charge in [0.2, 0.25) is 11.8 Å². The minimum Gasteiger partial charge on any atom is -0.474 e. The molecule has 0 unspecified atom stereocenters. The van der Waals surface area contributed by atoms with Gasteiger partial charge in [0.05, 0.1) is 17.4 Å². The predicted octanol–water partition coefficient (Wildman–Crippen LogP) is 5.46. The minimum atomic E-state index is -0.523. The first-order chi connectivity index (χ1) is 14.3. The smallest absolute Gasteiger partial charge is 0.233 e. The Labute approximate surface area is 182 Å². The molecule has 0 aliphatic rings. The van der Waals surface area contributed by atoms with Gasteiger partial charge in [-0.1, -0.05) is 60.5 Å².